The van der Waals surface area contributed by atoms with Crippen LogP contribution in [0.25, 0.3) is 0 Å². The summed E-state index contributed by atoms with van der Waals surface area (Å²) < 4.78 is 12.5. The van der Waals surface area contributed by atoms with E-state index in [4.69, 9.17) is 0 Å². The van der Waals surface area contributed by atoms with E-state index in [9.17, 15) is 9.50 Å². The van der Waals surface area contributed by atoms with Crippen LogP contribution in [-0.4, -0.2) is 11.3 Å². The van der Waals surface area contributed by atoms with E-state index < -0.39 is 12.3 Å². The molecule has 0 saturated heterocycles. The molecule has 0 spiro atoms. The lowest BCUT2D eigenvalue weighted by Gasteiger charge is -2.10. The SMILES string of the molecule is C[C@@H](F)[C@@H](O)c1ccccc1. The first-order valence-corrected chi connectivity index (χ1v) is 3.59. The molecule has 0 saturated carbocycles. The van der Waals surface area contributed by atoms with Crippen molar-refractivity contribution in [2.75, 3.05) is 0 Å². The molecule has 1 N–H and O–H groups in total. The predicted octanol–water partition coefficient (Wildman–Crippen LogP) is 2.08. The molecule has 0 bridgehead atoms. The molecule has 0 aliphatic rings. The number of alkyl halides is 1. The number of rotatable bonds is 2. The fourth-order valence-corrected chi connectivity index (χ4v) is 0.915. The molecule has 60 valence electrons. The standard InChI is InChI=1S/C9H11FO/c1-7(10)9(11)8-5-3-2-4-6-8/h2-7,9,11H,1H3/t7-,9-/m1/s1. The van der Waals surface area contributed by atoms with E-state index in [-0.39, 0.29) is 0 Å². The summed E-state index contributed by atoms with van der Waals surface area (Å²) in [6.07, 6.45) is -2.20. The van der Waals surface area contributed by atoms with Gasteiger partial charge in [-0.2, -0.15) is 0 Å². The van der Waals surface area contributed by atoms with Crippen LogP contribution in [0.5, 0.6) is 0 Å². The third kappa shape index (κ3) is 2.02. The Bertz CT molecular complexity index is 208. The summed E-state index contributed by atoms with van der Waals surface area (Å²) >= 11 is 0. The lowest BCUT2D eigenvalue weighted by Crippen LogP contribution is -2.08. The number of halogens is 1. The molecule has 0 aromatic heterocycles. The van der Waals surface area contributed by atoms with Crippen LogP contribution in [-0.2, 0) is 0 Å². The highest BCUT2D eigenvalue weighted by atomic mass is 19.1. The van der Waals surface area contributed by atoms with E-state index >= 15 is 0 Å². The minimum absolute atomic E-state index is 0.627. The lowest BCUT2D eigenvalue weighted by atomic mass is 10.1. The largest absolute Gasteiger partial charge is 0.385 e. The van der Waals surface area contributed by atoms with Crippen LogP contribution >= 0.6 is 0 Å². The normalized spacial score (nSPS) is 15.9. The average molecular weight is 154 g/mol. The van der Waals surface area contributed by atoms with Gasteiger partial charge >= 0.3 is 0 Å². The molecule has 1 nitrogen and oxygen atoms in total. The Kier molecular flexibility index (Phi) is 2.60. The van der Waals surface area contributed by atoms with Crippen LogP contribution in [0.1, 0.15) is 18.6 Å². The minimum Gasteiger partial charge on any atom is -0.385 e. The number of hydrogen-bond donors (Lipinski definition) is 1. The molecule has 0 aliphatic carbocycles. The van der Waals surface area contributed by atoms with E-state index in [1.54, 1.807) is 24.3 Å². The van der Waals surface area contributed by atoms with Crippen molar-refractivity contribution in [3.05, 3.63) is 35.9 Å². The van der Waals surface area contributed by atoms with E-state index in [0.29, 0.717) is 5.56 Å². The highest BCUT2D eigenvalue weighted by molar-refractivity contribution is 5.17. The fourth-order valence-electron chi connectivity index (χ4n) is 0.915. The number of benzene rings is 1. The Balaban J connectivity index is 2.77. The first-order valence-electron chi connectivity index (χ1n) is 3.59. The zero-order valence-corrected chi connectivity index (χ0v) is 6.37. The number of aliphatic hydroxyl groups excluding tert-OH is 1. The van der Waals surface area contributed by atoms with Gasteiger partial charge < -0.3 is 5.11 Å². The average Bonchev–Trinajstić information content (AvgIpc) is 2.05. The third-order valence-corrected chi connectivity index (χ3v) is 1.58. The van der Waals surface area contributed by atoms with Crippen molar-refractivity contribution in [2.45, 2.75) is 19.2 Å². The highest BCUT2D eigenvalue weighted by Crippen LogP contribution is 2.17. The summed E-state index contributed by atoms with van der Waals surface area (Å²) in [5.74, 6) is 0. The minimum atomic E-state index is -1.21. The zero-order chi connectivity index (χ0) is 8.27. The van der Waals surface area contributed by atoms with Crippen molar-refractivity contribution in [3.8, 4) is 0 Å². The Morgan fingerprint density at radius 1 is 1.27 bits per heavy atom. The summed E-state index contributed by atoms with van der Waals surface area (Å²) in [6.45, 7) is 1.34. The zero-order valence-electron chi connectivity index (χ0n) is 6.37. The first-order chi connectivity index (χ1) is 5.22. The van der Waals surface area contributed by atoms with Crippen molar-refractivity contribution >= 4 is 0 Å². The quantitative estimate of drug-likeness (QED) is 0.691. The monoisotopic (exact) mass is 154 g/mol. The van der Waals surface area contributed by atoms with Gasteiger partial charge in [-0.25, -0.2) is 4.39 Å². The molecule has 1 rings (SSSR count). The van der Waals surface area contributed by atoms with E-state index in [1.807, 2.05) is 6.07 Å². The van der Waals surface area contributed by atoms with Crippen molar-refractivity contribution in [3.63, 3.8) is 0 Å². The van der Waals surface area contributed by atoms with Crippen LogP contribution in [0.3, 0.4) is 0 Å². The maximum absolute atomic E-state index is 12.5. The Morgan fingerprint density at radius 2 is 1.82 bits per heavy atom. The van der Waals surface area contributed by atoms with Crippen LogP contribution in [0.4, 0.5) is 4.39 Å². The topological polar surface area (TPSA) is 20.2 Å². The van der Waals surface area contributed by atoms with E-state index in [2.05, 4.69) is 0 Å². The molecule has 0 fully saturated rings. The second-order valence-electron chi connectivity index (χ2n) is 2.53. The molecule has 0 amide bonds. The van der Waals surface area contributed by atoms with Gasteiger partial charge in [0.2, 0.25) is 0 Å². The molecule has 2 atom stereocenters. The van der Waals surface area contributed by atoms with Gasteiger partial charge in [0.05, 0.1) is 0 Å². The Hall–Kier alpha value is -0.890. The van der Waals surface area contributed by atoms with E-state index in [0.717, 1.165) is 0 Å². The molecule has 1 aromatic carbocycles. The smallest absolute Gasteiger partial charge is 0.127 e. The molecule has 1 aromatic rings. The van der Waals surface area contributed by atoms with Crippen molar-refractivity contribution in [1.29, 1.82) is 0 Å². The van der Waals surface area contributed by atoms with Crippen LogP contribution < -0.4 is 0 Å². The van der Waals surface area contributed by atoms with Gasteiger partial charge in [0.15, 0.2) is 0 Å². The number of aliphatic hydroxyl groups is 1. The maximum Gasteiger partial charge on any atom is 0.127 e. The van der Waals surface area contributed by atoms with Crippen LogP contribution in [0.15, 0.2) is 30.3 Å². The van der Waals surface area contributed by atoms with Gasteiger partial charge in [0.25, 0.3) is 0 Å². The van der Waals surface area contributed by atoms with E-state index in [1.165, 1.54) is 6.92 Å². The lowest BCUT2D eigenvalue weighted by molar-refractivity contribution is 0.0883. The predicted molar refractivity (Wildman–Crippen MR) is 42.0 cm³/mol. The van der Waals surface area contributed by atoms with Gasteiger partial charge in [-0.15, -0.1) is 0 Å². The molecule has 11 heavy (non-hydrogen) atoms. The number of hydrogen-bond acceptors (Lipinski definition) is 1. The van der Waals surface area contributed by atoms with Crippen LogP contribution in [0.2, 0.25) is 0 Å². The summed E-state index contributed by atoms with van der Waals surface area (Å²) in [6, 6.07) is 8.81. The molecular weight excluding hydrogens is 143 g/mol. The Morgan fingerprint density at radius 3 is 2.27 bits per heavy atom. The molecular formula is C9H11FO. The summed E-state index contributed by atoms with van der Waals surface area (Å²) in [7, 11) is 0. The van der Waals surface area contributed by atoms with Gasteiger partial charge in [-0.1, -0.05) is 30.3 Å². The fraction of sp³-hybridized carbons (Fsp3) is 0.333. The molecule has 0 aliphatic heterocycles. The molecule has 0 heterocycles. The van der Waals surface area contributed by atoms with Gasteiger partial charge in [-0.05, 0) is 12.5 Å². The van der Waals surface area contributed by atoms with Crippen LogP contribution in [0, 0.1) is 0 Å². The second-order valence-corrected chi connectivity index (χ2v) is 2.53. The van der Waals surface area contributed by atoms with Crippen molar-refractivity contribution < 1.29 is 9.50 Å². The van der Waals surface area contributed by atoms with Gasteiger partial charge in [0, 0.05) is 0 Å². The molecule has 0 radical (unpaired) electrons. The highest BCUT2D eigenvalue weighted by Gasteiger charge is 2.13. The maximum atomic E-state index is 12.5. The first kappa shape index (κ1) is 8.21. The van der Waals surface area contributed by atoms with Crippen molar-refractivity contribution in [2.24, 2.45) is 0 Å². The molecule has 0 unspecified atom stereocenters. The summed E-state index contributed by atoms with van der Waals surface area (Å²) in [5.41, 5.74) is 0.627. The Labute approximate surface area is 65.5 Å². The summed E-state index contributed by atoms with van der Waals surface area (Å²) in [5, 5.41) is 9.22. The van der Waals surface area contributed by atoms with Crippen molar-refractivity contribution in [1.82, 2.24) is 0 Å². The van der Waals surface area contributed by atoms with Gasteiger partial charge in [0.1, 0.15) is 12.3 Å². The second kappa shape index (κ2) is 3.49. The third-order valence-electron chi connectivity index (χ3n) is 1.58. The van der Waals surface area contributed by atoms with Gasteiger partial charge in [-0.3, -0.25) is 0 Å². The summed E-state index contributed by atoms with van der Waals surface area (Å²) in [4.78, 5) is 0. The molecule has 2 heteroatoms.